The van der Waals surface area contributed by atoms with Crippen molar-refractivity contribution in [3.63, 3.8) is 0 Å². The van der Waals surface area contributed by atoms with Crippen molar-refractivity contribution in [3.05, 3.63) is 28.2 Å². The fraction of sp³-hybridized carbons (Fsp3) is 0.500. The van der Waals surface area contributed by atoms with Crippen LogP contribution in [0.15, 0.2) is 22.7 Å². The molecule has 0 bridgehead atoms. The average Bonchev–Trinajstić information content (AvgIpc) is 2.30. The number of hydrogen-bond donors (Lipinski definition) is 1. The zero-order valence-corrected chi connectivity index (χ0v) is 11.3. The molecular formula is C12H17BrN2O. The maximum atomic E-state index is 5.20. The molecular weight excluding hydrogens is 268 g/mol. The summed E-state index contributed by atoms with van der Waals surface area (Å²) >= 11 is 3.62. The van der Waals surface area contributed by atoms with Gasteiger partial charge in [0.2, 0.25) is 0 Å². The van der Waals surface area contributed by atoms with Crippen LogP contribution in [0.1, 0.15) is 11.6 Å². The Hall–Kier alpha value is -0.580. The van der Waals surface area contributed by atoms with Crippen LogP contribution in [-0.2, 0) is 0 Å². The number of hydrogen-bond acceptors (Lipinski definition) is 3. The smallest absolute Gasteiger partial charge is 0.120 e. The first-order valence-electron chi connectivity index (χ1n) is 5.47. The van der Waals surface area contributed by atoms with Crippen LogP contribution >= 0.6 is 15.9 Å². The van der Waals surface area contributed by atoms with E-state index >= 15 is 0 Å². The summed E-state index contributed by atoms with van der Waals surface area (Å²) in [5, 5.41) is 3.43. The Labute approximate surface area is 105 Å². The van der Waals surface area contributed by atoms with Crippen molar-refractivity contribution in [2.75, 3.05) is 33.8 Å². The third-order valence-electron chi connectivity index (χ3n) is 3.08. The van der Waals surface area contributed by atoms with Crippen molar-refractivity contribution in [3.8, 4) is 5.75 Å². The van der Waals surface area contributed by atoms with Crippen LogP contribution in [0, 0.1) is 0 Å². The van der Waals surface area contributed by atoms with E-state index in [0.29, 0.717) is 6.04 Å². The van der Waals surface area contributed by atoms with Crippen LogP contribution in [0.4, 0.5) is 0 Å². The lowest BCUT2D eigenvalue weighted by molar-refractivity contribution is 0.201. The fourth-order valence-electron chi connectivity index (χ4n) is 2.06. The SMILES string of the molecule is COc1ccc(C2CNCCN2C)c(Br)c1. The fourth-order valence-corrected chi connectivity index (χ4v) is 2.68. The quantitative estimate of drug-likeness (QED) is 0.900. The second-order valence-electron chi connectivity index (χ2n) is 4.09. The molecule has 0 spiro atoms. The topological polar surface area (TPSA) is 24.5 Å². The summed E-state index contributed by atoms with van der Waals surface area (Å²) in [5.41, 5.74) is 1.32. The molecule has 88 valence electrons. The van der Waals surface area contributed by atoms with E-state index < -0.39 is 0 Å². The first kappa shape index (κ1) is 11.9. The lowest BCUT2D eigenvalue weighted by atomic mass is 10.0. The minimum atomic E-state index is 0.439. The number of benzene rings is 1. The van der Waals surface area contributed by atoms with Crippen LogP contribution < -0.4 is 10.1 Å². The van der Waals surface area contributed by atoms with Gasteiger partial charge in [0.15, 0.2) is 0 Å². The molecule has 1 aliphatic heterocycles. The van der Waals surface area contributed by atoms with E-state index in [4.69, 9.17) is 4.74 Å². The summed E-state index contributed by atoms with van der Waals surface area (Å²) in [6.45, 7) is 3.16. The summed E-state index contributed by atoms with van der Waals surface area (Å²) in [6, 6.07) is 6.62. The Morgan fingerprint density at radius 2 is 2.31 bits per heavy atom. The number of halogens is 1. The molecule has 2 rings (SSSR count). The molecule has 1 aromatic carbocycles. The van der Waals surface area contributed by atoms with Gasteiger partial charge in [-0.05, 0) is 24.7 Å². The van der Waals surface area contributed by atoms with Crippen LogP contribution in [0.25, 0.3) is 0 Å². The molecule has 0 radical (unpaired) electrons. The number of ether oxygens (including phenoxy) is 1. The molecule has 1 aromatic rings. The normalized spacial score (nSPS) is 22.1. The highest BCUT2D eigenvalue weighted by Crippen LogP contribution is 2.30. The molecule has 1 N–H and O–H groups in total. The van der Waals surface area contributed by atoms with Gasteiger partial charge in [0.25, 0.3) is 0 Å². The highest BCUT2D eigenvalue weighted by Gasteiger charge is 2.22. The van der Waals surface area contributed by atoms with Crippen LogP contribution in [0.2, 0.25) is 0 Å². The monoisotopic (exact) mass is 284 g/mol. The average molecular weight is 285 g/mol. The third-order valence-corrected chi connectivity index (χ3v) is 3.76. The molecule has 1 atom stereocenters. The van der Waals surface area contributed by atoms with Crippen LogP contribution in [0.5, 0.6) is 5.75 Å². The highest BCUT2D eigenvalue weighted by atomic mass is 79.9. The van der Waals surface area contributed by atoms with E-state index in [1.54, 1.807) is 7.11 Å². The number of rotatable bonds is 2. The van der Waals surface area contributed by atoms with Gasteiger partial charge in [0.05, 0.1) is 7.11 Å². The maximum absolute atomic E-state index is 5.20. The van der Waals surface area contributed by atoms with Gasteiger partial charge in [0.1, 0.15) is 5.75 Å². The lowest BCUT2D eigenvalue weighted by Gasteiger charge is -2.34. The molecule has 1 unspecified atom stereocenters. The summed E-state index contributed by atoms with van der Waals surface area (Å²) in [7, 11) is 3.86. The van der Waals surface area contributed by atoms with Gasteiger partial charge >= 0.3 is 0 Å². The standard InChI is InChI=1S/C12H17BrN2O/c1-15-6-5-14-8-12(15)10-4-3-9(16-2)7-11(10)13/h3-4,7,12,14H,5-6,8H2,1-2H3. The number of likely N-dealkylation sites (N-methyl/N-ethyl adjacent to an activating group) is 1. The Kier molecular flexibility index (Phi) is 3.84. The molecule has 0 aliphatic carbocycles. The van der Waals surface area contributed by atoms with Crippen LogP contribution in [-0.4, -0.2) is 38.7 Å². The molecule has 3 nitrogen and oxygen atoms in total. The third kappa shape index (κ3) is 2.39. The van der Waals surface area contributed by atoms with Crippen molar-refractivity contribution < 1.29 is 4.74 Å². The second kappa shape index (κ2) is 5.17. The van der Waals surface area contributed by atoms with Gasteiger partial charge in [-0.15, -0.1) is 0 Å². The number of nitrogens with one attached hydrogen (secondary N) is 1. The summed E-state index contributed by atoms with van der Waals surface area (Å²) in [4.78, 5) is 2.38. The van der Waals surface area contributed by atoms with Crippen molar-refractivity contribution in [1.82, 2.24) is 10.2 Å². The molecule has 4 heteroatoms. The summed E-state index contributed by atoms with van der Waals surface area (Å²) in [6.07, 6.45) is 0. The van der Waals surface area contributed by atoms with Crippen LogP contribution in [0.3, 0.4) is 0 Å². The second-order valence-corrected chi connectivity index (χ2v) is 4.94. The van der Waals surface area contributed by atoms with Crippen molar-refractivity contribution in [2.24, 2.45) is 0 Å². The minimum Gasteiger partial charge on any atom is -0.497 e. The molecule has 1 aliphatic rings. The summed E-state index contributed by atoms with van der Waals surface area (Å²) < 4.78 is 6.32. The van der Waals surface area contributed by atoms with Crippen molar-refractivity contribution in [2.45, 2.75) is 6.04 Å². The van der Waals surface area contributed by atoms with E-state index in [1.807, 2.05) is 12.1 Å². The number of methoxy groups -OCH3 is 1. The minimum absolute atomic E-state index is 0.439. The molecule has 1 fully saturated rings. The molecule has 16 heavy (non-hydrogen) atoms. The first-order valence-corrected chi connectivity index (χ1v) is 6.26. The lowest BCUT2D eigenvalue weighted by Crippen LogP contribution is -2.43. The first-order chi connectivity index (χ1) is 7.72. The van der Waals surface area contributed by atoms with E-state index in [1.165, 1.54) is 5.56 Å². The summed E-state index contributed by atoms with van der Waals surface area (Å²) in [5.74, 6) is 0.891. The van der Waals surface area contributed by atoms with Crippen molar-refractivity contribution in [1.29, 1.82) is 0 Å². The molecule has 1 saturated heterocycles. The van der Waals surface area contributed by atoms with Gasteiger partial charge in [-0.3, -0.25) is 4.90 Å². The highest BCUT2D eigenvalue weighted by molar-refractivity contribution is 9.10. The van der Waals surface area contributed by atoms with E-state index in [9.17, 15) is 0 Å². The molecule has 0 aromatic heterocycles. The van der Waals surface area contributed by atoms with Crippen molar-refractivity contribution >= 4 is 15.9 Å². The van der Waals surface area contributed by atoms with E-state index in [2.05, 4.69) is 39.3 Å². The Balaban J connectivity index is 2.25. The molecule has 0 saturated carbocycles. The number of nitrogens with zero attached hydrogens (tertiary/aromatic N) is 1. The molecule has 0 amide bonds. The zero-order chi connectivity index (χ0) is 11.5. The van der Waals surface area contributed by atoms with Gasteiger partial charge in [-0.1, -0.05) is 22.0 Å². The van der Waals surface area contributed by atoms with Gasteiger partial charge in [-0.25, -0.2) is 0 Å². The van der Waals surface area contributed by atoms with E-state index in [0.717, 1.165) is 29.9 Å². The van der Waals surface area contributed by atoms with Gasteiger partial charge < -0.3 is 10.1 Å². The Bertz CT molecular complexity index is 370. The predicted molar refractivity (Wildman–Crippen MR) is 68.9 cm³/mol. The van der Waals surface area contributed by atoms with Gasteiger partial charge in [-0.2, -0.15) is 0 Å². The Morgan fingerprint density at radius 1 is 1.50 bits per heavy atom. The van der Waals surface area contributed by atoms with Gasteiger partial charge in [0, 0.05) is 30.1 Å². The predicted octanol–water partition coefficient (Wildman–Crippen LogP) is 2.03. The van der Waals surface area contributed by atoms with E-state index in [-0.39, 0.29) is 0 Å². The zero-order valence-electron chi connectivity index (χ0n) is 9.66. The number of piperazine rings is 1. The largest absolute Gasteiger partial charge is 0.497 e. The maximum Gasteiger partial charge on any atom is 0.120 e. The Morgan fingerprint density at radius 3 is 2.94 bits per heavy atom. The molecule has 1 heterocycles.